The van der Waals surface area contributed by atoms with Gasteiger partial charge in [0.15, 0.2) is 17.8 Å². The Morgan fingerprint density at radius 3 is 1.16 bits per heavy atom. The first-order chi connectivity index (χ1) is 19.3. The number of Topliss-reactive ketones (excluding diaryl/α,β-unsaturated/α-hetero) is 1. The molecule has 0 heterocycles. The van der Waals surface area contributed by atoms with Gasteiger partial charge in [-0.05, 0) is 87.8 Å². The predicted molar refractivity (Wildman–Crippen MR) is 179 cm³/mol. The molecule has 0 unspecified atom stereocenters. The maximum absolute atomic E-state index is 10.1. The van der Waals surface area contributed by atoms with Crippen LogP contribution in [0.1, 0.15) is 104 Å². The number of ketones is 1. The molecule has 43 heavy (non-hydrogen) atoms. The summed E-state index contributed by atoms with van der Waals surface area (Å²) in [6, 6.07) is 0. The Morgan fingerprint density at radius 1 is 0.791 bits per heavy atom. The third-order valence-corrected chi connectivity index (χ3v) is 2.26. The number of nitriles is 1. The minimum Gasteiger partial charge on any atom is -0.399 e. The molecule has 0 aromatic heterocycles. The van der Waals surface area contributed by atoms with Crippen LogP contribution in [0.5, 0.6) is 0 Å². The standard InChI is InChI=1S/C5H12N2.C5H9NO.C4H6N2.C4H9NO.C4H10NO.C3H6N2O2.C3H6O/c1-5(2)6-7(3)4;1-4(2)6-5(3)7;1-4(2)6-3-5;1-4(2)5-6-3;1-4(2)5(3)6;1-3(2)4-5(6)7;1-3(2)4/h1-4H3;1-3H3;1-2H3;1-3H3;6H,1-3H3;1-2H3;1-2H3/q;;;;+1;;. The Bertz CT molecular complexity index is 919. The van der Waals surface area contributed by atoms with Crippen molar-refractivity contribution in [3.05, 3.63) is 10.1 Å². The van der Waals surface area contributed by atoms with Gasteiger partial charge < -0.3 is 14.6 Å². The number of oxime groups is 1. The lowest BCUT2D eigenvalue weighted by Crippen LogP contribution is -2.04. The Hall–Kier alpha value is -4.35. The van der Waals surface area contributed by atoms with E-state index in [1.165, 1.54) is 27.9 Å². The largest absolute Gasteiger partial charge is 0.399 e. The zero-order valence-corrected chi connectivity index (χ0v) is 30.0. The van der Waals surface area contributed by atoms with Gasteiger partial charge in [-0.15, -0.1) is 0 Å². The zero-order chi connectivity index (χ0) is 36.3. The number of hydroxylamine groups is 1. The van der Waals surface area contributed by atoms with Crippen molar-refractivity contribution in [3.63, 3.8) is 0 Å². The van der Waals surface area contributed by atoms with Crippen LogP contribution in [0.2, 0.25) is 0 Å². The van der Waals surface area contributed by atoms with Crippen molar-refractivity contribution < 1.29 is 29.4 Å². The highest BCUT2D eigenvalue weighted by Crippen LogP contribution is 1.77. The van der Waals surface area contributed by atoms with E-state index in [2.05, 4.69) is 30.2 Å². The minimum atomic E-state index is -0.713. The minimum absolute atomic E-state index is 0.125. The Balaban J connectivity index is -0.0000000707. The molecule has 0 bridgehead atoms. The fourth-order valence-corrected chi connectivity index (χ4v) is 1.16. The van der Waals surface area contributed by atoms with E-state index in [4.69, 9.17) is 10.5 Å². The molecule has 0 aromatic carbocycles. The lowest BCUT2D eigenvalue weighted by molar-refractivity contribution is -0.755. The van der Waals surface area contributed by atoms with E-state index in [0.29, 0.717) is 5.71 Å². The molecule has 0 atom stereocenters. The highest BCUT2D eigenvalue weighted by atomic mass is 16.7. The van der Waals surface area contributed by atoms with Gasteiger partial charge in [-0.25, -0.2) is 15.1 Å². The van der Waals surface area contributed by atoms with E-state index < -0.39 is 5.03 Å². The van der Waals surface area contributed by atoms with Crippen LogP contribution in [0.25, 0.3) is 0 Å². The Labute approximate surface area is 259 Å². The third-order valence-electron chi connectivity index (χ3n) is 2.26. The molecule has 0 aliphatic carbocycles. The average Bonchev–Trinajstić information content (AvgIpc) is 2.72. The third kappa shape index (κ3) is 154. The molecular formula is C28H58N9O6+. The molecule has 0 aliphatic rings. The van der Waals surface area contributed by atoms with Crippen molar-refractivity contribution in [2.45, 2.75) is 104 Å². The molecule has 0 aromatic rings. The maximum atomic E-state index is 10.1. The summed E-state index contributed by atoms with van der Waals surface area (Å²) in [6.45, 7) is 26.2. The van der Waals surface area contributed by atoms with Crippen molar-refractivity contribution in [1.29, 1.82) is 5.26 Å². The second kappa shape index (κ2) is 39.8. The fraction of sp³-hybridized carbons (Fsp3) is 0.679. The summed E-state index contributed by atoms with van der Waals surface area (Å²) in [5.74, 6) is 0.0417. The van der Waals surface area contributed by atoms with Gasteiger partial charge in [0.05, 0.1) is 16.5 Å². The van der Waals surface area contributed by atoms with Crippen LogP contribution in [0.4, 0.5) is 0 Å². The number of nitrogens with zero attached hydrogens (tertiary/aromatic N) is 9. The van der Waals surface area contributed by atoms with Crippen LogP contribution in [0, 0.1) is 21.6 Å². The number of aliphatic imine (C=N–C) groups is 2. The van der Waals surface area contributed by atoms with Crippen molar-refractivity contribution in [3.8, 4) is 6.19 Å². The summed E-state index contributed by atoms with van der Waals surface area (Å²) in [4.78, 5) is 40.2. The van der Waals surface area contributed by atoms with Crippen molar-refractivity contribution >= 4 is 46.0 Å². The van der Waals surface area contributed by atoms with E-state index in [1.54, 1.807) is 59.8 Å². The molecule has 1 amide bonds. The molecule has 0 spiro atoms. The second-order valence-electron chi connectivity index (χ2n) is 9.52. The van der Waals surface area contributed by atoms with Crippen LogP contribution in [0.3, 0.4) is 0 Å². The summed E-state index contributed by atoms with van der Waals surface area (Å²) in [5, 5.41) is 37.2. The maximum Gasteiger partial charge on any atom is 0.242 e. The number of hydrazone groups is 2. The molecule has 15 nitrogen and oxygen atoms in total. The van der Waals surface area contributed by atoms with E-state index in [9.17, 15) is 19.7 Å². The molecule has 0 fully saturated rings. The second-order valence-corrected chi connectivity index (χ2v) is 9.52. The van der Waals surface area contributed by atoms with Crippen molar-refractivity contribution in [2.24, 2.45) is 25.3 Å². The molecule has 0 aliphatic heterocycles. The highest BCUT2D eigenvalue weighted by molar-refractivity contribution is 5.91. The Kier molecular flexibility index (Phi) is 50.6. The quantitative estimate of drug-likeness (QED) is 0.104. The molecular weight excluding hydrogens is 558 g/mol. The SMILES string of the molecule is CC(=O)N=C(C)C.CC(C)=NC#N.CC(C)=NN(C)C.CC(C)=N[N+](=O)[O-].CC(C)=O.CC(C)=[N+](C)O.CON=C(C)C. The van der Waals surface area contributed by atoms with E-state index in [-0.39, 0.29) is 11.7 Å². The first kappa shape index (κ1) is 54.7. The van der Waals surface area contributed by atoms with Crippen LogP contribution < -0.4 is 0 Å². The van der Waals surface area contributed by atoms with Gasteiger partial charge >= 0.3 is 0 Å². The average molecular weight is 617 g/mol. The first-order valence-electron chi connectivity index (χ1n) is 12.8. The smallest absolute Gasteiger partial charge is 0.242 e. The fourth-order valence-electron chi connectivity index (χ4n) is 1.16. The lowest BCUT2D eigenvalue weighted by Gasteiger charge is -2.02. The van der Waals surface area contributed by atoms with Crippen LogP contribution in [0.15, 0.2) is 25.3 Å². The number of hydrogen-bond acceptors (Lipinski definition) is 11. The van der Waals surface area contributed by atoms with Gasteiger partial charge in [-0.3, -0.25) is 10.0 Å². The topological polar surface area (TPSA) is 199 Å². The zero-order valence-electron chi connectivity index (χ0n) is 30.0. The molecule has 0 saturated carbocycles. The van der Waals surface area contributed by atoms with Crippen LogP contribution in [-0.4, -0.2) is 94.2 Å². The number of carbonyl (C=O) groups excluding carboxylic acids is 2. The number of amides is 1. The monoisotopic (exact) mass is 616 g/mol. The van der Waals surface area contributed by atoms with E-state index in [1.807, 2.05) is 55.6 Å². The van der Waals surface area contributed by atoms with Gasteiger partial charge in [0.1, 0.15) is 12.9 Å². The summed E-state index contributed by atoms with van der Waals surface area (Å²) in [7, 11) is 6.95. The molecule has 1 N–H and O–H groups in total. The summed E-state index contributed by atoms with van der Waals surface area (Å²) in [6.07, 6.45) is 1.66. The van der Waals surface area contributed by atoms with Crippen molar-refractivity contribution in [1.82, 2.24) is 5.01 Å². The van der Waals surface area contributed by atoms with Gasteiger partial charge in [-0.2, -0.15) is 15.4 Å². The van der Waals surface area contributed by atoms with E-state index >= 15 is 0 Å². The summed E-state index contributed by atoms with van der Waals surface area (Å²) in [5.41, 5.74) is 5.01. The van der Waals surface area contributed by atoms with Gasteiger partial charge in [-0.1, -0.05) is 5.16 Å². The number of hydrogen-bond donors (Lipinski definition) is 1. The van der Waals surface area contributed by atoms with Crippen molar-refractivity contribution in [2.75, 3.05) is 28.3 Å². The Morgan fingerprint density at radius 2 is 1.16 bits per heavy atom. The highest BCUT2D eigenvalue weighted by Gasteiger charge is 1.88. The number of rotatable bonds is 3. The molecule has 0 saturated heterocycles. The predicted octanol–water partition coefficient (Wildman–Crippen LogP) is 5.69. The molecule has 15 heteroatoms. The summed E-state index contributed by atoms with van der Waals surface area (Å²) >= 11 is 0. The van der Waals surface area contributed by atoms with Crippen LogP contribution >= 0.6 is 0 Å². The van der Waals surface area contributed by atoms with E-state index in [0.717, 1.165) is 33.3 Å². The molecule has 0 radical (unpaired) electrons. The van der Waals surface area contributed by atoms with Gasteiger partial charge in [0.2, 0.25) is 12.1 Å². The van der Waals surface area contributed by atoms with Gasteiger partial charge in [0.25, 0.3) is 0 Å². The molecule has 0 rings (SSSR count). The normalized spacial score (nSPS) is 7.40. The van der Waals surface area contributed by atoms with Gasteiger partial charge in [0, 0.05) is 52.0 Å². The molecule has 250 valence electrons. The first-order valence-corrected chi connectivity index (χ1v) is 12.8. The summed E-state index contributed by atoms with van der Waals surface area (Å²) < 4.78 is 1.08. The number of nitro groups is 1. The lowest BCUT2D eigenvalue weighted by atomic mass is 10.5. The number of carbonyl (C=O) groups is 2. The van der Waals surface area contributed by atoms with Crippen LogP contribution in [-0.2, 0) is 14.4 Å².